The van der Waals surface area contributed by atoms with E-state index in [0.29, 0.717) is 11.4 Å². The minimum Gasteiger partial charge on any atom is -0.483 e. The molecule has 0 unspecified atom stereocenters. The van der Waals surface area contributed by atoms with Crippen molar-refractivity contribution in [1.82, 2.24) is 20.1 Å². The van der Waals surface area contributed by atoms with E-state index in [1.807, 2.05) is 56.5 Å². The molecule has 7 nitrogen and oxygen atoms in total. The van der Waals surface area contributed by atoms with Gasteiger partial charge in [0.25, 0.3) is 11.5 Å². The van der Waals surface area contributed by atoms with E-state index in [2.05, 4.69) is 15.4 Å². The van der Waals surface area contributed by atoms with E-state index in [-0.39, 0.29) is 31.2 Å². The van der Waals surface area contributed by atoms with Gasteiger partial charge < -0.3 is 10.1 Å². The van der Waals surface area contributed by atoms with Crippen molar-refractivity contribution >= 4 is 28.6 Å². The predicted octanol–water partition coefficient (Wildman–Crippen LogP) is 4.22. The number of aryl methyl sites for hydroxylation is 2. The van der Waals surface area contributed by atoms with Gasteiger partial charge in [0.15, 0.2) is 6.61 Å². The monoisotopic (exact) mass is 480 g/mol. The molecular weight excluding hydrogens is 456 g/mol. The van der Waals surface area contributed by atoms with Crippen LogP contribution in [0, 0.1) is 20.8 Å². The van der Waals surface area contributed by atoms with Crippen LogP contribution in [0.15, 0.2) is 52.6 Å². The van der Waals surface area contributed by atoms with Crippen molar-refractivity contribution < 1.29 is 9.53 Å². The molecule has 0 saturated heterocycles. The fraction of sp³-hybridized carbons (Fsp3) is 0.250. The van der Waals surface area contributed by atoms with Crippen molar-refractivity contribution in [2.45, 2.75) is 27.3 Å². The first kappa shape index (κ1) is 22.9. The SMILES string of the molecule is Cc1cccc(OCC(=O)NCCn2nc(-c3sc(-c4cccs4)nc3C)ccc2=O)c1C. The van der Waals surface area contributed by atoms with Crippen LogP contribution in [-0.2, 0) is 11.3 Å². The largest absolute Gasteiger partial charge is 0.483 e. The zero-order chi connectivity index (χ0) is 23.4. The Bertz CT molecular complexity index is 1330. The summed E-state index contributed by atoms with van der Waals surface area (Å²) in [5.74, 6) is 0.441. The van der Waals surface area contributed by atoms with Gasteiger partial charge in [0.1, 0.15) is 16.5 Å². The van der Waals surface area contributed by atoms with Gasteiger partial charge in [0.05, 0.1) is 22.0 Å². The van der Waals surface area contributed by atoms with E-state index >= 15 is 0 Å². The second kappa shape index (κ2) is 10.1. The molecule has 0 radical (unpaired) electrons. The summed E-state index contributed by atoms with van der Waals surface area (Å²) in [5, 5.41) is 10.2. The summed E-state index contributed by atoms with van der Waals surface area (Å²) in [4.78, 5) is 31.2. The highest BCUT2D eigenvalue weighted by Gasteiger charge is 2.14. The summed E-state index contributed by atoms with van der Waals surface area (Å²) in [6.45, 7) is 6.35. The highest BCUT2D eigenvalue weighted by Crippen LogP contribution is 2.35. The molecule has 4 aromatic rings. The molecule has 4 rings (SSSR count). The Morgan fingerprint density at radius 1 is 1.12 bits per heavy atom. The van der Waals surface area contributed by atoms with Gasteiger partial charge in [-0.25, -0.2) is 9.67 Å². The first-order chi connectivity index (χ1) is 15.9. The maximum atomic E-state index is 12.3. The predicted molar refractivity (Wildman–Crippen MR) is 132 cm³/mol. The molecule has 0 atom stereocenters. The van der Waals surface area contributed by atoms with Crippen LogP contribution in [-0.4, -0.2) is 33.8 Å². The van der Waals surface area contributed by atoms with Gasteiger partial charge in [-0.15, -0.1) is 22.7 Å². The number of thiophene rings is 1. The van der Waals surface area contributed by atoms with Gasteiger partial charge in [0.2, 0.25) is 0 Å². The molecule has 3 aromatic heterocycles. The molecule has 33 heavy (non-hydrogen) atoms. The Morgan fingerprint density at radius 2 is 1.97 bits per heavy atom. The zero-order valence-electron chi connectivity index (χ0n) is 18.6. The summed E-state index contributed by atoms with van der Waals surface area (Å²) in [6.07, 6.45) is 0. The zero-order valence-corrected chi connectivity index (χ0v) is 20.3. The molecule has 1 amide bonds. The fourth-order valence-corrected chi connectivity index (χ4v) is 5.07. The van der Waals surface area contributed by atoms with Crippen LogP contribution in [0.25, 0.3) is 20.5 Å². The lowest BCUT2D eigenvalue weighted by molar-refractivity contribution is -0.123. The smallest absolute Gasteiger partial charge is 0.266 e. The first-order valence-corrected chi connectivity index (χ1v) is 12.2. The number of amides is 1. The number of benzene rings is 1. The Balaban J connectivity index is 1.37. The van der Waals surface area contributed by atoms with Crippen molar-refractivity contribution in [3.63, 3.8) is 0 Å². The van der Waals surface area contributed by atoms with Crippen molar-refractivity contribution in [3.05, 3.63) is 75.0 Å². The van der Waals surface area contributed by atoms with E-state index < -0.39 is 0 Å². The van der Waals surface area contributed by atoms with E-state index in [1.165, 1.54) is 10.7 Å². The van der Waals surface area contributed by atoms with Crippen molar-refractivity contribution in [2.24, 2.45) is 0 Å². The number of hydrogen-bond donors (Lipinski definition) is 1. The van der Waals surface area contributed by atoms with Crippen LogP contribution in [0.3, 0.4) is 0 Å². The quantitative estimate of drug-likeness (QED) is 0.408. The molecular formula is C24H24N4O3S2. The molecule has 0 aliphatic heterocycles. The average molecular weight is 481 g/mol. The number of carbonyl (C=O) groups is 1. The summed E-state index contributed by atoms with van der Waals surface area (Å²) in [5.41, 5.74) is 3.46. The van der Waals surface area contributed by atoms with Gasteiger partial charge in [0, 0.05) is 12.6 Å². The maximum Gasteiger partial charge on any atom is 0.266 e. The number of thiazole rings is 1. The third-order valence-electron chi connectivity index (χ3n) is 5.19. The normalized spacial score (nSPS) is 10.9. The molecule has 0 spiro atoms. The average Bonchev–Trinajstić information content (AvgIpc) is 3.46. The Labute approximate surface area is 199 Å². The van der Waals surface area contributed by atoms with Crippen LogP contribution in [0.4, 0.5) is 0 Å². The maximum absolute atomic E-state index is 12.3. The number of rotatable bonds is 8. The number of hydrogen-bond acceptors (Lipinski definition) is 7. The van der Waals surface area contributed by atoms with E-state index in [0.717, 1.165) is 31.6 Å². The Kier molecular flexibility index (Phi) is 7.00. The highest BCUT2D eigenvalue weighted by atomic mass is 32.1. The molecule has 1 N–H and O–H groups in total. The summed E-state index contributed by atoms with van der Waals surface area (Å²) in [7, 11) is 0. The Morgan fingerprint density at radius 3 is 2.76 bits per heavy atom. The number of ether oxygens (including phenoxy) is 1. The third kappa shape index (κ3) is 5.37. The number of nitrogens with one attached hydrogen (secondary N) is 1. The second-order valence-electron chi connectivity index (χ2n) is 7.53. The summed E-state index contributed by atoms with van der Waals surface area (Å²) in [6, 6.07) is 13.0. The molecule has 0 fully saturated rings. The minimum absolute atomic E-state index is 0.0851. The number of aromatic nitrogens is 3. The van der Waals surface area contributed by atoms with Crippen LogP contribution in [0.5, 0.6) is 5.75 Å². The van der Waals surface area contributed by atoms with Gasteiger partial charge >= 0.3 is 0 Å². The van der Waals surface area contributed by atoms with Gasteiger partial charge in [-0.2, -0.15) is 5.10 Å². The van der Waals surface area contributed by atoms with Gasteiger partial charge in [-0.1, -0.05) is 18.2 Å². The summed E-state index contributed by atoms with van der Waals surface area (Å²) < 4.78 is 6.99. The lowest BCUT2D eigenvalue weighted by Crippen LogP contribution is -2.34. The first-order valence-electron chi connectivity index (χ1n) is 10.5. The van der Waals surface area contributed by atoms with Crippen LogP contribution in [0.1, 0.15) is 16.8 Å². The summed E-state index contributed by atoms with van der Waals surface area (Å²) >= 11 is 3.19. The molecule has 0 aliphatic carbocycles. The topological polar surface area (TPSA) is 86.1 Å². The lowest BCUT2D eigenvalue weighted by Gasteiger charge is -2.11. The van der Waals surface area contributed by atoms with Gasteiger partial charge in [-0.05, 0) is 55.5 Å². The van der Waals surface area contributed by atoms with E-state index in [4.69, 9.17) is 4.74 Å². The van der Waals surface area contributed by atoms with Gasteiger partial charge in [-0.3, -0.25) is 9.59 Å². The van der Waals surface area contributed by atoms with Crippen LogP contribution < -0.4 is 15.6 Å². The van der Waals surface area contributed by atoms with Crippen molar-refractivity contribution in [2.75, 3.05) is 13.2 Å². The van der Waals surface area contributed by atoms with Crippen LogP contribution >= 0.6 is 22.7 Å². The highest BCUT2D eigenvalue weighted by molar-refractivity contribution is 7.23. The molecule has 9 heteroatoms. The standard InChI is InChI=1S/C24H24N4O3S2/c1-15-6-4-7-19(16(15)2)31-14-21(29)25-11-12-28-22(30)10-9-18(27-28)23-17(3)26-24(33-23)20-8-5-13-32-20/h4-10,13H,11-12,14H2,1-3H3,(H,25,29). The molecule has 0 aliphatic rings. The van der Waals surface area contributed by atoms with E-state index in [9.17, 15) is 9.59 Å². The van der Waals surface area contributed by atoms with Crippen LogP contribution in [0.2, 0.25) is 0 Å². The van der Waals surface area contributed by atoms with E-state index in [1.54, 1.807) is 28.7 Å². The molecule has 0 bridgehead atoms. The number of nitrogens with zero attached hydrogens (tertiary/aromatic N) is 3. The molecule has 0 saturated carbocycles. The third-order valence-corrected chi connectivity index (χ3v) is 7.41. The lowest BCUT2D eigenvalue weighted by atomic mass is 10.1. The Hall–Kier alpha value is -3.30. The minimum atomic E-state index is -0.251. The van der Waals surface area contributed by atoms with Crippen molar-refractivity contribution in [1.29, 1.82) is 0 Å². The second-order valence-corrected chi connectivity index (χ2v) is 9.47. The van der Waals surface area contributed by atoms with Crippen molar-refractivity contribution in [3.8, 4) is 26.2 Å². The fourth-order valence-electron chi connectivity index (χ4n) is 3.25. The molecule has 1 aromatic carbocycles. The molecule has 170 valence electrons. The molecule has 3 heterocycles. The number of carbonyl (C=O) groups excluding carboxylic acids is 1.